The molecule has 0 aliphatic rings. The number of methoxy groups -OCH3 is 2. The monoisotopic (exact) mass is 374 g/mol. The fraction of sp³-hybridized carbons (Fsp3) is 0.562. The fourth-order valence-corrected chi connectivity index (χ4v) is 3.19. The van der Waals surface area contributed by atoms with Crippen molar-refractivity contribution in [1.82, 2.24) is 9.62 Å². The van der Waals surface area contributed by atoms with Crippen molar-refractivity contribution in [2.24, 2.45) is 0 Å². The number of ether oxygens (including phenoxy) is 3. The Bertz CT molecular complexity index is 663. The van der Waals surface area contributed by atoms with Crippen molar-refractivity contribution in [3.63, 3.8) is 0 Å². The van der Waals surface area contributed by atoms with E-state index < -0.39 is 10.0 Å². The molecule has 0 unspecified atom stereocenters. The highest BCUT2D eigenvalue weighted by Gasteiger charge is 2.24. The van der Waals surface area contributed by atoms with Gasteiger partial charge in [-0.15, -0.1) is 0 Å². The van der Waals surface area contributed by atoms with Gasteiger partial charge in [0.05, 0.1) is 25.7 Å². The molecule has 8 nitrogen and oxygen atoms in total. The molecule has 0 saturated heterocycles. The van der Waals surface area contributed by atoms with E-state index >= 15 is 0 Å². The number of nitrogens with zero attached hydrogens (tertiary/aromatic N) is 1. The second kappa shape index (κ2) is 10.2. The van der Waals surface area contributed by atoms with E-state index in [1.807, 2.05) is 6.92 Å². The van der Waals surface area contributed by atoms with Crippen molar-refractivity contribution in [3.05, 3.63) is 18.2 Å². The van der Waals surface area contributed by atoms with Crippen LogP contribution in [0.4, 0.5) is 0 Å². The van der Waals surface area contributed by atoms with Crippen LogP contribution < -0.4 is 14.8 Å². The molecule has 0 heterocycles. The number of carbonyl (C=O) groups is 1. The summed E-state index contributed by atoms with van der Waals surface area (Å²) in [5, 5.41) is 2.67. The number of sulfonamides is 1. The third-order valence-corrected chi connectivity index (χ3v) is 5.22. The molecule has 1 aromatic rings. The Labute approximate surface area is 149 Å². The zero-order valence-corrected chi connectivity index (χ0v) is 15.9. The van der Waals surface area contributed by atoms with Crippen molar-refractivity contribution < 1.29 is 27.4 Å². The zero-order valence-electron chi connectivity index (χ0n) is 15.1. The molecule has 0 aliphatic heterocycles. The standard InChI is InChI=1S/C16H26N2O6S/c1-5-24-10-6-9-17-16(19)12-18(2)25(20,21)13-7-8-14(22-3)15(11-13)23-4/h7-8,11H,5-6,9-10,12H2,1-4H3,(H,17,19). The van der Waals surface area contributed by atoms with Crippen LogP contribution in [0.1, 0.15) is 13.3 Å². The first-order valence-corrected chi connectivity index (χ1v) is 9.33. The second-order valence-electron chi connectivity index (χ2n) is 5.18. The lowest BCUT2D eigenvalue weighted by Crippen LogP contribution is -2.38. The van der Waals surface area contributed by atoms with E-state index in [0.29, 0.717) is 37.7 Å². The summed E-state index contributed by atoms with van der Waals surface area (Å²) in [4.78, 5) is 11.9. The van der Waals surface area contributed by atoms with E-state index in [1.54, 1.807) is 0 Å². The average molecular weight is 374 g/mol. The molecule has 25 heavy (non-hydrogen) atoms. The normalized spacial score (nSPS) is 11.4. The molecule has 1 N–H and O–H groups in total. The van der Waals surface area contributed by atoms with Gasteiger partial charge in [0.15, 0.2) is 11.5 Å². The molecule has 0 saturated carbocycles. The second-order valence-corrected chi connectivity index (χ2v) is 7.22. The lowest BCUT2D eigenvalue weighted by Gasteiger charge is -2.18. The topological polar surface area (TPSA) is 94.2 Å². The maximum Gasteiger partial charge on any atom is 0.243 e. The molecule has 0 atom stereocenters. The number of hydrogen-bond donors (Lipinski definition) is 1. The van der Waals surface area contributed by atoms with Crippen LogP contribution in [0.5, 0.6) is 11.5 Å². The molecular weight excluding hydrogens is 348 g/mol. The summed E-state index contributed by atoms with van der Waals surface area (Å²) in [7, 11) is 0.425. The van der Waals surface area contributed by atoms with Gasteiger partial charge in [-0.2, -0.15) is 4.31 Å². The van der Waals surface area contributed by atoms with Crippen LogP contribution in [0.25, 0.3) is 0 Å². The maximum absolute atomic E-state index is 12.6. The van der Waals surface area contributed by atoms with E-state index in [-0.39, 0.29) is 17.3 Å². The minimum atomic E-state index is -3.82. The number of benzene rings is 1. The van der Waals surface area contributed by atoms with Gasteiger partial charge in [-0.05, 0) is 25.5 Å². The molecule has 9 heteroatoms. The Morgan fingerprint density at radius 1 is 1.20 bits per heavy atom. The van der Waals surface area contributed by atoms with Crippen molar-refractivity contribution in [1.29, 1.82) is 0 Å². The van der Waals surface area contributed by atoms with Crippen LogP contribution in [0.2, 0.25) is 0 Å². The van der Waals surface area contributed by atoms with Gasteiger partial charge >= 0.3 is 0 Å². The van der Waals surface area contributed by atoms with Crippen LogP contribution in [0.3, 0.4) is 0 Å². The Morgan fingerprint density at radius 2 is 1.88 bits per heavy atom. The summed E-state index contributed by atoms with van der Waals surface area (Å²) < 4.78 is 41.5. The van der Waals surface area contributed by atoms with E-state index in [0.717, 1.165) is 4.31 Å². The van der Waals surface area contributed by atoms with E-state index in [4.69, 9.17) is 14.2 Å². The highest BCUT2D eigenvalue weighted by molar-refractivity contribution is 7.89. The molecule has 0 radical (unpaired) electrons. The first-order valence-electron chi connectivity index (χ1n) is 7.89. The minimum absolute atomic E-state index is 0.0248. The van der Waals surface area contributed by atoms with Crippen LogP contribution in [0, 0.1) is 0 Å². The average Bonchev–Trinajstić information content (AvgIpc) is 2.60. The predicted octanol–water partition coefficient (Wildman–Crippen LogP) is 0.867. The highest BCUT2D eigenvalue weighted by Crippen LogP contribution is 2.30. The number of nitrogens with one attached hydrogen (secondary N) is 1. The first-order chi connectivity index (χ1) is 11.9. The fourth-order valence-electron chi connectivity index (χ4n) is 2.05. The van der Waals surface area contributed by atoms with Crippen LogP contribution >= 0.6 is 0 Å². The summed E-state index contributed by atoms with van der Waals surface area (Å²) >= 11 is 0. The molecule has 1 amide bonds. The van der Waals surface area contributed by atoms with Gasteiger partial charge in [-0.25, -0.2) is 8.42 Å². The third kappa shape index (κ3) is 6.18. The zero-order chi connectivity index (χ0) is 18.9. The Morgan fingerprint density at radius 3 is 2.48 bits per heavy atom. The molecule has 1 rings (SSSR count). The number of carbonyl (C=O) groups excluding carboxylic acids is 1. The van der Waals surface area contributed by atoms with Gasteiger partial charge < -0.3 is 19.5 Å². The molecule has 0 bridgehead atoms. The molecule has 142 valence electrons. The molecule has 0 spiro atoms. The summed E-state index contributed by atoms with van der Waals surface area (Å²) in [6.07, 6.45) is 0.672. The van der Waals surface area contributed by atoms with Gasteiger partial charge in [-0.3, -0.25) is 4.79 Å². The molecule has 0 fully saturated rings. The smallest absolute Gasteiger partial charge is 0.243 e. The van der Waals surface area contributed by atoms with E-state index in [1.165, 1.54) is 39.5 Å². The summed E-state index contributed by atoms with van der Waals surface area (Å²) in [5.74, 6) is 0.358. The molecule has 0 aromatic heterocycles. The van der Waals surface area contributed by atoms with Crippen LogP contribution in [0.15, 0.2) is 23.1 Å². The van der Waals surface area contributed by atoms with Crippen molar-refractivity contribution in [2.45, 2.75) is 18.2 Å². The third-order valence-electron chi connectivity index (χ3n) is 3.42. The lowest BCUT2D eigenvalue weighted by atomic mass is 10.3. The number of hydrogen-bond acceptors (Lipinski definition) is 6. The highest BCUT2D eigenvalue weighted by atomic mass is 32.2. The Kier molecular flexibility index (Phi) is 8.67. The predicted molar refractivity (Wildman–Crippen MR) is 93.5 cm³/mol. The van der Waals surface area contributed by atoms with Crippen LogP contribution in [-0.4, -0.2) is 66.2 Å². The number of rotatable bonds is 11. The van der Waals surface area contributed by atoms with Gasteiger partial charge in [0.25, 0.3) is 0 Å². The summed E-state index contributed by atoms with van der Waals surface area (Å²) in [6, 6.07) is 4.28. The summed E-state index contributed by atoms with van der Waals surface area (Å²) in [5.41, 5.74) is 0. The van der Waals surface area contributed by atoms with Gasteiger partial charge in [-0.1, -0.05) is 0 Å². The maximum atomic E-state index is 12.6. The Hall–Kier alpha value is -1.84. The van der Waals surface area contributed by atoms with Gasteiger partial charge in [0, 0.05) is 32.9 Å². The number of likely N-dealkylation sites (N-methyl/N-ethyl adjacent to an activating group) is 1. The molecule has 1 aromatic carbocycles. The number of amides is 1. The minimum Gasteiger partial charge on any atom is -0.493 e. The van der Waals surface area contributed by atoms with E-state index in [9.17, 15) is 13.2 Å². The Balaban J connectivity index is 2.70. The van der Waals surface area contributed by atoms with Crippen molar-refractivity contribution >= 4 is 15.9 Å². The van der Waals surface area contributed by atoms with Crippen molar-refractivity contribution in [2.75, 3.05) is 47.6 Å². The first kappa shape index (κ1) is 21.2. The molecule has 0 aliphatic carbocycles. The van der Waals surface area contributed by atoms with Crippen LogP contribution in [-0.2, 0) is 19.6 Å². The largest absolute Gasteiger partial charge is 0.493 e. The van der Waals surface area contributed by atoms with E-state index in [2.05, 4.69) is 5.32 Å². The summed E-state index contributed by atoms with van der Waals surface area (Å²) in [6.45, 7) is 3.23. The van der Waals surface area contributed by atoms with Gasteiger partial charge in [0.1, 0.15) is 0 Å². The quantitative estimate of drug-likeness (QED) is 0.578. The molecular formula is C16H26N2O6S. The van der Waals surface area contributed by atoms with Gasteiger partial charge in [0.2, 0.25) is 15.9 Å². The SMILES string of the molecule is CCOCCCNC(=O)CN(C)S(=O)(=O)c1ccc(OC)c(OC)c1. The van der Waals surface area contributed by atoms with Crippen molar-refractivity contribution in [3.8, 4) is 11.5 Å². The lowest BCUT2D eigenvalue weighted by molar-refractivity contribution is -0.121.